The van der Waals surface area contributed by atoms with Crippen molar-refractivity contribution in [2.45, 2.75) is 39.7 Å². The number of ether oxygens (including phenoxy) is 2. The van der Waals surface area contributed by atoms with Crippen LogP contribution in [0.5, 0.6) is 0 Å². The smallest absolute Gasteiger partial charge is 0.463 e. The zero-order valence-electron chi connectivity index (χ0n) is 13.1. The highest BCUT2D eigenvalue weighted by molar-refractivity contribution is 6.67. The fraction of sp³-hybridized carbons (Fsp3) is 0.692. The van der Waals surface area contributed by atoms with E-state index < -0.39 is 48.7 Å². The maximum atomic E-state index is 13.1. The Bertz CT molecular complexity index is 483. The third-order valence-corrected chi connectivity index (χ3v) is 2.96. The highest BCUT2D eigenvalue weighted by Crippen LogP contribution is 2.31. The first-order valence-corrected chi connectivity index (χ1v) is 7.02. The second-order valence-corrected chi connectivity index (χ2v) is 5.95. The van der Waals surface area contributed by atoms with Gasteiger partial charge in [-0.05, 0) is 34.1 Å². The van der Waals surface area contributed by atoms with Crippen molar-refractivity contribution in [1.82, 2.24) is 4.90 Å². The fourth-order valence-corrected chi connectivity index (χ4v) is 2.04. The Balaban J connectivity index is 3.01. The maximum Gasteiger partial charge on any atom is 0.506 e. The summed E-state index contributed by atoms with van der Waals surface area (Å²) >= 11 is 0. The predicted octanol–water partition coefficient (Wildman–Crippen LogP) is 2.87. The van der Waals surface area contributed by atoms with E-state index in [1.165, 1.54) is 6.92 Å². The van der Waals surface area contributed by atoms with E-state index in [1.807, 2.05) is 0 Å². The predicted molar refractivity (Wildman–Crippen MR) is 75.2 cm³/mol. The summed E-state index contributed by atoms with van der Waals surface area (Å²) in [6.07, 6.45) is -1.18. The molecule has 1 rings (SSSR count). The third kappa shape index (κ3) is 4.96. The summed E-state index contributed by atoms with van der Waals surface area (Å²) in [5, 5.41) is 0. The average molecular weight is 322 g/mol. The van der Waals surface area contributed by atoms with E-state index in [0.717, 1.165) is 4.90 Å². The molecule has 22 heavy (non-hydrogen) atoms. The molecule has 0 aliphatic carbocycles. The fourth-order valence-electron chi connectivity index (χ4n) is 2.04. The SMILES string of the molecule is CCOC(=O)C1=C([B-](F)(F)F)CCN(C(=O)OC(C)(C)C)C1. The first-order valence-electron chi connectivity index (χ1n) is 7.02. The molecule has 1 amide bonds. The summed E-state index contributed by atoms with van der Waals surface area (Å²) in [6.45, 7) is 0.536. The molecule has 0 spiro atoms. The van der Waals surface area contributed by atoms with E-state index in [-0.39, 0.29) is 13.2 Å². The topological polar surface area (TPSA) is 55.8 Å². The van der Waals surface area contributed by atoms with Crippen LogP contribution in [-0.4, -0.2) is 49.2 Å². The van der Waals surface area contributed by atoms with Crippen molar-refractivity contribution in [3.8, 4) is 0 Å². The molecule has 0 saturated carbocycles. The van der Waals surface area contributed by atoms with Gasteiger partial charge in [0.1, 0.15) is 5.60 Å². The van der Waals surface area contributed by atoms with Crippen LogP contribution in [-0.2, 0) is 14.3 Å². The molecule has 126 valence electrons. The molecule has 0 unspecified atom stereocenters. The van der Waals surface area contributed by atoms with Crippen LogP contribution < -0.4 is 0 Å². The Morgan fingerprint density at radius 2 is 1.86 bits per heavy atom. The van der Waals surface area contributed by atoms with E-state index in [1.54, 1.807) is 20.8 Å². The number of amides is 1. The summed E-state index contributed by atoms with van der Waals surface area (Å²) in [7, 11) is 0. The van der Waals surface area contributed by atoms with Gasteiger partial charge >= 0.3 is 19.0 Å². The number of hydrogen-bond donors (Lipinski definition) is 0. The molecule has 0 aromatic carbocycles. The minimum Gasteiger partial charge on any atom is -0.463 e. The standard InChI is InChI=1S/C13H20BF3NO4/c1-5-21-11(19)9-8-18(12(20)22-13(2,3)4)7-6-10(9)14(15,16)17/h5-8H2,1-4H3/q-1. The molecule has 0 atom stereocenters. The van der Waals surface area contributed by atoms with Gasteiger partial charge in [-0.1, -0.05) is 0 Å². The summed E-state index contributed by atoms with van der Waals surface area (Å²) in [4.78, 5) is 24.8. The van der Waals surface area contributed by atoms with Gasteiger partial charge in [-0.25, -0.2) is 9.59 Å². The summed E-state index contributed by atoms with van der Waals surface area (Å²) in [6, 6.07) is 0. The number of nitrogens with zero attached hydrogens (tertiary/aromatic N) is 1. The van der Waals surface area contributed by atoms with Crippen LogP contribution in [0.15, 0.2) is 11.0 Å². The molecule has 0 fully saturated rings. The number of esters is 1. The minimum absolute atomic E-state index is 0.0348. The number of carbonyl (C=O) groups is 2. The lowest BCUT2D eigenvalue weighted by Crippen LogP contribution is -2.44. The number of rotatable bonds is 3. The Morgan fingerprint density at radius 1 is 1.27 bits per heavy atom. The van der Waals surface area contributed by atoms with Gasteiger partial charge in [0.2, 0.25) is 0 Å². The summed E-state index contributed by atoms with van der Waals surface area (Å²) < 4.78 is 49.0. The van der Waals surface area contributed by atoms with Crippen molar-refractivity contribution in [2.24, 2.45) is 0 Å². The van der Waals surface area contributed by atoms with Crippen LogP contribution >= 0.6 is 0 Å². The zero-order valence-corrected chi connectivity index (χ0v) is 13.1. The normalized spacial score (nSPS) is 16.6. The van der Waals surface area contributed by atoms with Gasteiger partial charge in [0.15, 0.2) is 0 Å². The molecule has 5 nitrogen and oxygen atoms in total. The first kappa shape index (κ1) is 18.4. The second kappa shape index (κ2) is 6.62. The van der Waals surface area contributed by atoms with E-state index >= 15 is 0 Å². The van der Waals surface area contributed by atoms with E-state index in [4.69, 9.17) is 4.74 Å². The lowest BCUT2D eigenvalue weighted by molar-refractivity contribution is -0.138. The van der Waals surface area contributed by atoms with Crippen LogP contribution in [0.25, 0.3) is 0 Å². The van der Waals surface area contributed by atoms with E-state index in [9.17, 15) is 22.5 Å². The van der Waals surface area contributed by atoms with Crippen molar-refractivity contribution in [2.75, 3.05) is 19.7 Å². The van der Waals surface area contributed by atoms with Gasteiger partial charge in [0, 0.05) is 12.1 Å². The molecular formula is C13H20BF3NO4-. The lowest BCUT2D eigenvalue weighted by atomic mass is 9.72. The van der Waals surface area contributed by atoms with Crippen LogP contribution in [0.3, 0.4) is 0 Å². The Morgan fingerprint density at radius 3 is 2.32 bits per heavy atom. The average Bonchev–Trinajstić information content (AvgIpc) is 2.35. The largest absolute Gasteiger partial charge is 0.506 e. The van der Waals surface area contributed by atoms with Crippen molar-refractivity contribution in [3.05, 3.63) is 11.0 Å². The van der Waals surface area contributed by atoms with Gasteiger partial charge in [-0.3, -0.25) is 0 Å². The molecule has 1 heterocycles. The molecule has 0 aromatic rings. The van der Waals surface area contributed by atoms with Crippen molar-refractivity contribution < 1.29 is 32.0 Å². The molecular weight excluding hydrogens is 302 g/mol. The van der Waals surface area contributed by atoms with E-state index in [0.29, 0.717) is 0 Å². The molecule has 0 N–H and O–H groups in total. The Labute approximate surface area is 127 Å². The molecule has 1 aliphatic rings. The quantitative estimate of drug-likeness (QED) is 0.592. The van der Waals surface area contributed by atoms with Gasteiger partial charge in [0.05, 0.1) is 13.2 Å². The van der Waals surface area contributed by atoms with E-state index in [2.05, 4.69) is 4.74 Å². The molecule has 0 radical (unpaired) electrons. The van der Waals surface area contributed by atoms with Gasteiger partial charge in [-0.2, -0.15) is 0 Å². The molecule has 0 aromatic heterocycles. The summed E-state index contributed by atoms with van der Waals surface area (Å²) in [5.41, 5.74) is -2.15. The monoisotopic (exact) mass is 322 g/mol. The van der Waals surface area contributed by atoms with Crippen molar-refractivity contribution in [1.29, 1.82) is 0 Å². The number of halogens is 3. The van der Waals surface area contributed by atoms with Crippen LogP contribution in [0.4, 0.5) is 17.7 Å². The third-order valence-electron chi connectivity index (χ3n) is 2.96. The van der Waals surface area contributed by atoms with Gasteiger partial charge in [0.25, 0.3) is 0 Å². The van der Waals surface area contributed by atoms with Crippen LogP contribution in [0.2, 0.25) is 0 Å². The van der Waals surface area contributed by atoms with Crippen LogP contribution in [0.1, 0.15) is 34.1 Å². The van der Waals surface area contributed by atoms with Crippen LogP contribution in [0, 0.1) is 0 Å². The lowest BCUT2D eigenvalue weighted by Gasteiger charge is -2.35. The highest BCUT2D eigenvalue weighted by Gasteiger charge is 2.38. The molecule has 0 saturated heterocycles. The Hall–Kier alpha value is -1.67. The highest BCUT2D eigenvalue weighted by atomic mass is 19.4. The first-order chi connectivity index (χ1) is 9.95. The van der Waals surface area contributed by atoms with Crippen molar-refractivity contribution in [3.63, 3.8) is 0 Å². The van der Waals surface area contributed by atoms with Gasteiger partial charge in [-0.15, -0.1) is 5.47 Å². The molecule has 9 heteroatoms. The number of carbonyl (C=O) groups excluding carboxylic acids is 2. The maximum absolute atomic E-state index is 13.1. The zero-order chi connectivity index (χ0) is 17.1. The van der Waals surface area contributed by atoms with Crippen molar-refractivity contribution >= 4 is 19.0 Å². The molecule has 1 aliphatic heterocycles. The molecule has 0 bridgehead atoms. The minimum atomic E-state index is -5.30. The summed E-state index contributed by atoms with van der Waals surface area (Å²) in [5.74, 6) is -1.04. The number of hydrogen-bond acceptors (Lipinski definition) is 4. The second-order valence-electron chi connectivity index (χ2n) is 5.95. The van der Waals surface area contributed by atoms with Gasteiger partial charge < -0.3 is 27.3 Å². The Kier molecular flexibility index (Phi) is 5.53.